The molecule has 0 fully saturated rings. The molecule has 9 heteroatoms. The van der Waals surface area contributed by atoms with E-state index in [1.807, 2.05) is 0 Å². The lowest BCUT2D eigenvalue weighted by molar-refractivity contribution is -0.144. The van der Waals surface area contributed by atoms with E-state index in [-0.39, 0.29) is 13.0 Å². The Morgan fingerprint density at radius 1 is 1.12 bits per heavy atom. The first-order valence-electron chi connectivity index (χ1n) is 7.64. The van der Waals surface area contributed by atoms with Gasteiger partial charge in [-0.3, -0.25) is 4.79 Å². The quantitative estimate of drug-likeness (QED) is 0.372. The molecular weight excluding hydrogens is 365 g/mol. The van der Waals surface area contributed by atoms with Gasteiger partial charge in [-0.25, -0.2) is 4.98 Å². The maximum absolute atomic E-state index is 12.8. The minimum absolute atomic E-state index is 0.0406. The third-order valence-electron chi connectivity index (χ3n) is 3.29. The van der Waals surface area contributed by atoms with Crippen LogP contribution in [0, 0.1) is 0 Å². The Morgan fingerprint density at radius 2 is 1.85 bits per heavy atom. The first-order valence-corrected chi connectivity index (χ1v) is 9.03. The molecular formula is C17H18FNO6S. The number of carbonyl (C=O) groups excluding carboxylic acids is 1. The van der Waals surface area contributed by atoms with E-state index in [0.717, 1.165) is 12.1 Å². The van der Waals surface area contributed by atoms with Crippen molar-refractivity contribution in [1.29, 1.82) is 0 Å². The van der Waals surface area contributed by atoms with Crippen LogP contribution in [-0.4, -0.2) is 39.7 Å². The molecule has 0 amide bonds. The van der Waals surface area contributed by atoms with Crippen LogP contribution >= 0.6 is 0 Å². The number of halogens is 1. The molecule has 0 N–H and O–H groups in total. The third-order valence-corrected chi connectivity index (χ3v) is 4.13. The van der Waals surface area contributed by atoms with Crippen molar-refractivity contribution in [3.8, 4) is 5.88 Å². The zero-order chi connectivity index (χ0) is 19.0. The number of ether oxygens (including phenoxy) is 3. The molecule has 0 aliphatic rings. The van der Waals surface area contributed by atoms with Gasteiger partial charge in [0.25, 0.3) is 0 Å². The van der Waals surface area contributed by atoms with E-state index in [9.17, 15) is 17.1 Å². The van der Waals surface area contributed by atoms with Crippen molar-refractivity contribution in [2.45, 2.75) is 17.9 Å². The molecule has 0 radical (unpaired) electrons. The van der Waals surface area contributed by atoms with E-state index in [0.29, 0.717) is 30.2 Å². The lowest BCUT2D eigenvalue weighted by Crippen LogP contribution is -2.09. The molecule has 1 heterocycles. The molecule has 26 heavy (non-hydrogen) atoms. The minimum Gasteiger partial charge on any atom is -0.475 e. The summed E-state index contributed by atoms with van der Waals surface area (Å²) < 4.78 is 49.7. The molecule has 0 saturated carbocycles. The predicted molar refractivity (Wildman–Crippen MR) is 89.8 cm³/mol. The minimum atomic E-state index is -4.75. The Kier molecular flexibility index (Phi) is 7.05. The van der Waals surface area contributed by atoms with Crippen LogP contribution in [0.15, 0.2) is 47.5 Å². The number of methoxy groups -OCH3 is 1. The highest BCUT2D eigenvalue weighted by Gasteiger charge is 2.12. The van der Waals surface area contributed by atoms with Crippen LogP contribution in [0.1, 0.15) is 11.1 Å². The topological polar surface area (TPSA) is 91.8 Å². The number of hydrogen-bond acceptors (Lipinski definition) is 7. The molecule has 1 aromatic heterocycles. The number of aromatic nitrogens is 1. The van der Waals surface area contributed by atoms with Gasteiger partial charge in [0.2, 0.25) is 5.88 Å². The second-order valence-corrected chi connectivity index (χ2v) is 6.61. The van der Waals surface area contributed by atoms with E-state index in [4.69, 9.17) is 14.2 Å². The monoisotopic (exact) mass is 383 g/mol. The molecule has 0 bridgehead atoms. The molecule has 0 atom stereocenters. The fourth-order valence-corrected chi connectivity index (χ4v) is 2.46. The normalized spacial score (nSPS) is 11.2. The van der Waals surface area contributed by atoms with Gasteiger partial charge in [-0.05, 0) is 29.3 Å². The average molecular weight is 383 g/mol. The highest BCUT2D eigenvalue weighted by Crippen LogP contribution is 2.14. The van der Waals surface area contributed by atoms with Gasteiger partial charge in [-0.2, -0.15) is 8.42 Å². The lowest BCUT2D eigenvalue weighted by Gasteiger charge is -2.08. The molecule has 0 aliphatic heterocycles. The van der Waals surface area contributed by atoms with Crippen LogP contribution < -0.4 is 4.74 Å². The first kappa shape index (κ1) is 19.8. The molecule has 2 rings (SSSR count). The van der Waals surface area contributed by atoms with Gasteiger partial charge < -0.3 is 14.2 Å². The van der Waals surface area contributed by atoms with Crippen molar-refractivity contribution in [2.75, 3.05) is 20.3 Å². The summed E-state index contributed by atoms with van der Waals surface area (Å²) in [6.07, 6.45) is 1.48. The van der Waals surface area contributed by atoms with Crippen LogP contribution in [0.25, 0.3) is 0 Å². The largest absolute Gasteiger partial charge is 0.475 e. The number of hydrogen-bond donors (Lipinski definition) is 0. The Bertz CT molecular complexity index is 839. The summed E-state index contributed by atoms with van der Waals surface area (Å²) >= 11 is 0. The number of esters is 1. The summed E-state index contributed by atoms with van der Waals surface area (Å²) in [6.45, 7) is 0.833. The van der Waals surface area contributed by atoms with Crippen LogP contribution in [-0.2, 0) is 37.5 Å². The van der Waals surface area contributed by atoms with Crippen LogP contribution in [0.3, 0.4) is 0 Å². The molecule has 2 aromatic rings. The number of carbonyl (C=O) groups is 1. The van der Waals surface area contributed by atoms with Crippen molar-refractivity contribution in [3.63, 3.8) is 0 Å². The molecule has 0 saturated heterocycles. The number of benzene rings is 1. The Labute approximate surface area is 150 Å². The zero-order valence-corrected chi connectivity index (χ0v) is 14.9. The van der Waals surface area contributed by atoms with Gasteiger partial charge in [-0.1, -0.05) is 12.1 Å². The van der Waals surface area contributed by atoms with Gasteiger partial charge in [0.05, 0.1) is 17.9 Å². The average Bonchev–Trinajstić information content (AvgIpc) is 2.60. The summed E-state index contributed by atoms with van der Waals surface area (Å²) in [6, 6.07) is 8.28. The van der Waals surface area contributed by atoms with Crippen molar-refractivity contribution in [3.05, 3.63) is 53.7 Å². The van der Waals surface area contributed by atoms with E-state index in [1.165, 1.54) is 12.1 Å². The zero-order valence-electron chi connectivity index (χ0n) is 14.1. The Hall–Kier alpha value is -2.52. The molecule has 0 spiro atoms. The van der Waals surface area contributed by atoms with Crippen LogP contribution in [0.5, 0.6) is 5.88 Å². The highest BCUT2D eigenvalue weighted by molar-refractivity contribution is 7.86. The van der Waals surface area contributed by atoms with E-state index < -0.39 is 21.1 Å². The van der Waals surface area contributed by atoms with Crippen LogP contribution in [0.4, 0.5) is 3.89 Å². The second-order valence-electron chi connectivity index (χ2n) is 5.26. The van der Waals surface area contributed by atoms with Crippen molar-refractivity contribution in [2.24, 2.45) is 0 Å². The van der Waals surface area contributed by atoms with Gasteiger partial charge >= 0.3 is 16.2 Å². The van der Waals surface area contributed by atoms with Gasteiger partial charge in [0.15, 0.2) is 0 Å². The smallest absolute Gasteiger partial charge is 0.332 e. The molecule has 0 aliphatic carbocycles. The summed E-state index contributed by atoms with van der Waals surface area (Å²) in [5, 5.41) is 0. The molecule has 0 unspecified atom stereocenters. The number of nitrogens with zero attached hydrogens (tertiary/aromatic N) is 1. The molecule has 7 nitrogen and oxygen atoms in total. The maximum atomic E-state index is 12.8. The fraction of sp³-hybridized carbons (Fsp3) is 0.294. The Balaban J connectivity index is 1.86. The summed E-state index contributed by atoms with van der Waals surface area (Å²) in [7, 11) is -3.18. The van der Waals surface area contributed by atoms with Gasteiger partial charge in [0, 0.05) is 19.4 Å². The SMILES string of the molecule is COCCOc1cc(COC(=O)Cc2ccc(S(=O)(=O)F)cc2)ccn1. The standard InChI is InChI=1S/C17H18FNO6S/c1-23-8-9-24-16-10-14(6-7-19-16)12-25-17(20)11-13-2-4-15(5-3-13)26(18,21)22/h2-7,10H,8-9,11-12H2,1H3. The van der Waals surface area contributed by atoms with Crippen LogP contribution in [0.2, 0.25) is 0 Å². The van der Waals surface area contributed by atoms with Crippen molar-refractivity contribution >= 4 is 16.2 Å². The first-order chi connectivity index (χ1) is 12.4. The van der Waals surface area contributed by atoms with Crippen molar-refractivity contribution in [1.82, 2.24) is 4.98 Å². The lowest BCUT2D eigenvalue weighted by atomic mass is 10.1. The van der Waals surface area contributed by atoms with Gasteiger partial charge in [0.1, 0.15) is 13.2 Å². The van der Waals surface area contributed by atoms with Gasteiger partial charge in [-0.15, -0.1) is 3.89 Å². The third kappa shape index (κ3) is 6.41. The fourth-order valence-electron chi connectivity index (χ4n) is 2.00. The van der Waals surface area contributed by atoms with E-state index in [2.05, 4.69) is 4.98 Å². The maximum Gasteiger partial charge on any atom is 0.332 e. The number of pyridine rings is 1. The molecule has 140 valence electrons. The second kappa shape index (κ2) is 9.25. The van der Waals surface area contributed by atoms with Crippen molar-refractivity contribution < 1.29 is 31.3 Å². The predicted octanol–water partition coefficient (Wildman–Crippen LogP) is 2.05. The number of rotatable bonds is 9. The highest BCUT2D eigenvalue weighted by atomic mass is 32.3. The van der Waals surface area contributed by atoms with E-state index in [1.54, 1.807) is 25.4 Å². The summed E-state index contributed by atoms with van der Waals surface area (Å²) in [5.41, 5.74) is 1.22. The van der Waals surface area contributed by atoms with E-state index >= 15 is 0 Å². The molecule has 1 aromatic carbocycles. The Morgan fingerprint density at radius 3 is 2.50 bits per heavy atom. The summed E-state index contributed by atoms with van der Waals surface area (Å²) in [4.78, 5) is 15.5. The summed E-state index contributed by atoms with van der Waals surface area (Å²) in [5.74, 6) is -0.0989.